The predicted octanol–water partition coefficient (Wildman–Crippen LogP) is 1.84. The van der Waals surface area contributed by atoms with Crippen molar-refractivity contribution in [2.24, 2.45) is 5.73 Å². The number of rotatable bonds is 3. The number of benzene rings is 1. The highest BCUT2D eigenvalue weighted by Crippen LogP contribution is 2.24. The molecule has 15 heavy (non-hydrogen) atoms. The van der Waals surface area contributed by atoms with E-state index in [2.05, 4.69) is 0 Å². The number of aryl methyl sites for hydroxylation is 2. The topological polar surface area (TPSA) is 52.3 Å². The maximum absolute atomic E-state index is 11.7. The zero-order chi connectivity index (χ0) is 11.6. The zero-order valence-corrected chi connectivity index (χ0v) is 9.63. The number of hydrogen-bond donors (Lipinski definition) is 1. The van der Waals surface area contributed by atoms with Crippen LogP contribution in [0.25, 0.3) is 0 Å². The van der Waals surface area contributed by atoms with Crippen molar-refractivity contribution in [2.45, 2.75) is 26.8 Å². The van der Waals surface area contributed by atoms with E-state index in [0.717, 1.165) is 16.9 Å². The number of ketones is 1. The van der Waals surface area contributed by atoms with Crippen LogP contribution in [0, 0.1) is 13.8 Å². The molecule has 0 saturated heterocycles. The summed E-state index contributed by atoms with van der Waals surface area (Å²) in [6.45, 7) is 5.53. The second-order valence-corrected chi connectivity index (χ2v) is 3.80. The Morgan fingerprint density at radius 3 is 2.13 bits per heavy atom. The first-order valence-corrected chi connectivity index (χ1v) is 4.92. The Bertz CT molecular complexity index is 360. The molecule has 0 aliphatic carbocycles. The first-order chi connectivity index (χ1) is 6.97. The number of carbonyl (C=O) groups is 1. The van der Waals surface area contributed by atoms with Gasteiger partial charge in [0.1, 0.15) is 5.75 Å². The Balaban J connectivity index is 3.20. The van der Waals surface area contributed by atoms with Crippen molar-refractivity contribution in [1.29, 1.82) is 0 Å². The average molecular weight is 207 g/mol. The second-order valence-electron chi connectivity index (χ2n) is 3.80. The van der Waals surface area contributed by atoms with Crippen LogP contribution in [0.5, 0.6) is 5.75 Å². The Labute approximate surface area is 90.2 Å². The molecule has 3 heteroatoms. The van der Waals surface area contributed by atoms with Crippen LogP contribution in [-0.2, 0) is 0 Å². The molecule has 0 saturated carbocycles. The van der Waals surface area contributed by atoms with Gasteiger partial charge in [0.25, 0.3) is 0 Å². The third kappa shape index (κ3) is 2.36. The fourth-order valence-corrected chi connectivity index (χ4v) is 1.68. The molecule has 0 aromatic heterocycles. The minimum absolute atomic E-state index is 0.0381. The van der Waals surface area contributed by atoms with Crippen LogP contribution in [0.15, 0.2) is 12.1 Å². The van der Waals surface area contributed by atoms with Crippen molar-refractivity contribution in [1.82, 2.24) is 0 Å². The molecule has 82 valence electrons. The first kappa shape index (κ1) is 11.7. The Morgan fingerprint density at radius 2 is 1.80 bits per heavy atom. The molecule has 1 atom stereocenters. The molecule has 1 unspecified atom stereocenters. The summed E-state index contributed by atoms with van der Waals surface area (Å²) in [5, 5.41) is 0. The van der Waals surface area contributed by atoms with Gasteiger partial charge in [-0.3, -0.25) is 4.79 Å². The number of nitrogens with two attached hydrogens (primary N) is 1. The molecular formula is C12H17NO2. The van der Waals surface area contributed by atoms with Crippen molar-refractivity contribution in [3.8, 4) is 5.75 Å². The maximum Gasteiger partial charge on any atom is 0.179 e. The lowest BCUT2D eigenvalue weighted by Crippen LogP contribution is -2.26. The van der Waals surface area contributed by atoms with Gasteiger partial charge in [-0.1, -0.05) is 0 Å². The van der Waals surface area contributed by atoms with E-state index in [1.807, 2.05) is 26.0 Å². The highest BCUT2D eigenvalue weighted by Gasteiger charge is 2.13. The summed E-state index contributed by atoms with van der Waals surface area (Å²) in [7, 11) is 1.63. The van der Waals surface area contributed by atoms with Crippen LogP contribution < -0.4 is 10.5 Å². The molecule has 1 rings (SSSR count). The molecular weight excluding hydrogens is 190 g/mol. The molecule has 2 N–H and O–H groups in total. The third-order valence-electron chi connectivity index (χ3n) is 2.36. The molecule has 0 amide bonds. The minimum atomic E-state index is -0.461. The van der Waals surface area contributed by atoms with E-state index < -0.39 is 6.04 Å². The first-order valence-electron chi connectivity index (χ1n) is 4.92. The molecule has 0 aliphatic rings. The molecule has 0 aliphatic heterocycles. The fourth-order valence-electron chi connectivity index (χ4n) is 1.68. The molecule has 0 radical (unpaired) electrons. The van der Waals surface area contributed by atoms with Crippen molar-refractivity contribution in [2.75, 3.05) is 7.11 Å². The van der Waals surface area contributed by atoms with E-state index in [0.29, 0.717) is 5.56 Å². The summed E-state index contributed by atoms with van der Waals surface area (Å²) < 4.78 is 5.23. The van der Waals surface area contributed by atoms with Gasteiger partial charge >= 0.3 is 0 Å². The lowest BCUT2D eigenvalue weighted by molar-refractivity contribution is 0.0968. The Morgan fingerprint density at radius 1 is 1.33 bits per heavy atom. The van der Waals surface area contributed by atoms with Gasteiger partial charge in [-0.25, -0.2) is 0 Å². The van der Waals surface area contributed by atoms with Crippen LogP contribution in [0.3, 0.4) is 0 Å². The van der Waals surface area contributed by atoms with E-state index in [1.54, 1.807) is 14.0 Å². The van der Waals surface area contributed by atoms with Crippen LogP contribution in [0.1, 0.15) is 28.4 Å². The van der Waals surface area contributed by atoms with Crippen LogP contribution >= 0.6 is 0 Å². The van der Waals surface area contributed by atoms with Crippen molar-refractivity contribution in [3.63, 3.8) is 0 Å². The molecule has 3 nitrogen and oxygen atoms in total. The SMILES string of the molecule is COc1c(C)cc(C(=O)C(C)N)cc1C. The van der Waals surface area contributed by atoms with Crippen molar-refractivity contribution < 1.29 is 9.53 Å². The smallest absolute Gasteiger partial charge is 0.179 e. The molecule has 1 aromatic carbocycles. The summed E-state index contributed by atoms with van der Waals surface area (Å²) in [5.74, 6) is 0.792. The van der Waals surface area contributed by atoms with Crippen LogP contribution in [0.4, 0.5) is 0 Å². The van der Waals surface area contributed by atoms with Gasteiger partial charge in [0.15, 0.2) is 5.78 Å². The lowest BCUT2D eigenvalue weighted by Gasteiger charge is -2.11. The zero-order valence-electron chi connectivity index (χ0n) is 9.63. The maximum atomic E-state index is 11.7. The second kappa shape index (κ2) is 4.45. The van der Waals surface area contributed by atoms with Gasteiger partial charge in [0.2, 0.25) is 0 Å². The molecule has 0 heterocycles. The summed E-state index contributed by atoms with van der Waals surface area (Å²) >= 11 is 0. The summed E-state index contributed by atoms with van der Waals surface area (Å²) in [4.78, 5) is 11.7. The van der Waals surface area contributed by atoms with E-state index >= 15 is 0 Å². The summed E-state index contributed by atoms with van der Waals surface area (Å²) in [6.07, 6.45) is 0. The Hall–Kier alpha value is -1.35. The number of carbonyl (C=O) groups excluding carboxylic acids is 1. The van der Waals surface area contributed by atoms with Crippen molar-refractivity contribution >= 4 is 5.78 Å². The third-order valence-corrected chi connectivity index (χ3v) is 2.36. The van der Waals surface area contributed by atoms with E-state index in [1.165, 1.54) is 0 Å². The van der Waals surface area contributed by atoms with Gasteiger partial charge in [0, 0.05) is 5.56 Å². The number of Topliss-reactive ketones (excluding diaryl/α,β-unsaturated/α-hetero) is 1. The molecule has 0 spiro atoms. The van der Waals surface area contributed by atoms with Gasteiger partial charge in [-0.05, 0) is 44.0 Å². The largest absolute Gasteiger partial charge is 0.496 e. The van der Waals surface area contributed by atoms with E-state index in [4.69, 9.17) is 10.5 Å². The Kier molecular flexibility index (Phi) is 3.48. The van der Waals surface area contributed by atoms with Crippen LogP contribution in [-0.4, -0.2) is 18.9 Å². The number of ether oxygens (including phenoxy) is 1. The highest BCUT2D eigenvalue weighted by molar-refractivity contribution is 6.00. The quantitative estimate of drug-likeness (QED) is 0.769. The molecule has 0 fully saturated rings. The predicted molar refractivity (Wildman–Crippen MR) is 60.4 cm³/mol. The van der Waals surface area contributed by atoms with Gasteiger partial charge in [-0.15, -0.1) is 0 Å². The summed E-state index contributed by atoms with van der Waals surface area (Å²) in [6, 6.07) is 3.17. The minimum Gasteiger partial charge on any atom is -0.496 e. The monoisotopic (exact) mass is 207 g/mol. The number of methoxy groups -OCH3 is 1. The molecule has 0 bridgehead atoms. The average Bonchev–Trinajstić information content (AvgIpc) is 2.15. The van der Waals surface area contributed by atoms with Crippen LogP contribution in [0.2, 0.25) is 0 Å². The standard InChI is InChI=1S/C12H17NO2/c1-7-5-10(11(14)9(3)13)6-8(2)12(7)15-4/h5-6,9H,13H2,1-4H3. The van der Waals surface area contributed by atoms with E-state index in [-0.39, 0.29) is 5.78 Å². The van der Waals surface area contributed by atoms with Gasteiger partial charge in [-0.2, -0.15) is 0 Å². The lowest BCUT2D eigenvalue weighted by atomic mass is 10.00. The summed E-state index contributed by atoms with van der Waals surface area (Å²) in [5.41, 5.74) is 8.13. The number of hydrogen-bond acceptors (Lipinski definition) is 3. The molecule has 1 aromatic rings. The normalized spacial score (nSPS) is 12.3. The van der Waals surface area contributed by atoms with Crippen molar-refractivity contribution in [3.05, 3.63) is 28.8 Å². The fraction of sp³-hybridized carbons (Fsp3) is 0.417. The van der Waals surface area contributed by atoms with E-state index in [9.17, 15) is 4.79 Å². The highest BCUT2D eigenvalue weighted by atomic mass is 16.5. The van der Waals surface area contributed by atoms with Gasteiger partial charge in [0.05, 0.1) is 13.2 Å². The van der Waals surface area contributed by atoms with Gasteiger partial charge < -0.3 is 10.5 Å².